The van der Waals surface area contributed by atoms with Crippen molar-refractivity contribution in [3.8, 4) is 51.0 Å². The van der Waals surface area contributed by atoms with E-state index in [0.717, 1.165) is 79.2 Å². The van der Waals surface area contributed by atoms with Crippen LogP contribution in [0.4, 0.5) is 0 Å². The summed E-state index contributed by atoms with van der Waals surface area (Å²) in [7, 11) is 0. The number of rotatable bonds is 5. The third kappa shape index (κ3) is 4.97. The molecule has 0 saturated carbocycles. The van der Waals surface area contributed by atoms with Gasteiger partial charge in [0.25, 0.3) is 0 Å². The van der Waals surface area contributed by atoms with Crippen LogP contribution in [0.15, 0.2) is 168 Å². The lowest BCUT2D eigenvalue weighted by molar-refractivity contribution is 0.669. The Morgan fingerprint density at radius 1 is 0.463 bits per heavy atom. The number of nitrogens with zero attached hydrogens (tertiary/aromatic N) is 4. The van der Waals surface area contributed by atoms with Gasteiger partial charge in [0.2, 0.25) is 5.95 Å². The molecule has 0 spiro atoms. The lowest BCUT2D eigenvalue weighted by Gasteiger charge is -2.13. The molecule has 5 nitrogen and oxygen atoms in total. The van der Waals surface area contributed by atoms with Crippen molar-refractivity contribution in [1.29, 1.82) is 0 Å². The SMILES string of the molecule is C1=Cc2c(ccc3c2c2cc(-c4cccc(-c5ccc6c(c5)oc5ccccc56)c4)ccc2n3-c2nc(-c3ccccc3)nc(-c3ccccc3)n2)CC1. The summed E-state index contributed by atoms with van der Waals surface area (Å²) >= 11 is 0. The van der Waals surface area contributed by atoms with Crippen LogP contribution in [0.25, 0.3) is 101 Å². The van der Waals surface area contributed by atoms with Crippen molar-refractivity contribution in [3.63, 3.8) is 0 Å². The molecule has 11 rings (SSSR count). The van der Waals surface area contributed by atoms with Crippen molar-refractivity contribution in [2.45, 2.75) is 12.8 Å². The van der Waals surface area contributed by atoms with Crippen LogP contribution in [0, 0.1) is 0 Å². The van der Waals surface area contributed by atoms with E-state index in [2.05, 4.69) is 126 Å². The summed E-state index contributed by atoms with van der Waals surface area (Å²) in [5, 5.41) is 4.66. The Bertz CT molecular complexity index is 3040. The van der Waals surface area contributed by atoms with Gasteiger partial charge >= 0.3 is 0 Å². The molecular formula is C49H32N4O. The number of aryl methyl sites for hydroxylation is 1. The first kappa shape index (κ1) is 30.5. The smallest absolute Gasteiger partial charge is 0.238 e. The highest BCUT2D eigenvalue weighted by Gasteiger charge is 2.22. The number of para-hydroxylation sites is 1. The molecule has 5 heteroatoms. The molecule has 1 aliphatic carbocycles. The highest BCUT2D eigenvalue weighted by Crippen LogP contribution is 2.40. The number of allylic oxidation sites excluding steroid dienone is 1. The summed E-state index contributed by atoms with van der Waals surface area (Å²) in [5.74, 6) is 1.88. The minimum absolute atomic E-state index is 0.596. The molecule has 3 heterocycles. The molecule has 0 fully saturated rings. The monoisotopic (exact) mass is 692 g/mol. The molecule has 0 unspecified atom stereocenters. The molecule has 0 amide bonds. The lowest BCUT2D eigenvalue weighted by atomic mass is 9.92. The molecular weight excluding hydrogens is 661 g/mol. The van der Waals surface area contributed by atoms with Gasteiger partial charge < -0.3 is 4.42 Å². The van der Waals surface area contributed by atoms with Crippen molar-refractivity contribution in [3.05, 3.63) is 175 Å². The maximum Gasteiger partial charge on any atom is 0.238 e. The minimum Gasteiger partial charge on any atom is -0.456 e. The highest BCUT2D eigenvalue weighted by molar-refractivity contribution is 6.14. The zero-order valence-corrected chi connectivity index (χ0v) is 29.3. The van der Waals surface area contributed by atoms with Gasteiger partial charge in [-0.3, -0.25) is 4.57 Å². The van der Waals surface area contributed by atoms with Crippen molar-refractivity contribution in [2.24, 2.45) is 0 Å². The van der Waals surface area contributed by atoms with Gasteiger partial charge in [-0.05, 0) is 88.7 Å². The maximum atomic E-state index is 6.25. The van der Waals surface area contributed by atoms with E-state index in [0.29, 0.717) is 17.6 Å². The molecule has 0 aliphatic heterocycles. The highest BCUT2D eigenvalue weighted by atomic mass is 16.3. The third-order valence-electron chi connectivity index (χ3n) is 10.7. The number of furan rings is 1. The zero-order chi connectivity index (χ0) is 35.6. The van der Waals surface area contributed by atoms with Gasteiger partial charge in [-0.1, -0.05) is 127 Å². The van der Waals surface area contributed by atoms with Gasteiger partial charge in [0.1, 0.15) is 11.2 Å². The Morgan fingerprint density at radius 2 is 1.09 bits per heavy atom. The van der Waals surface area contributed by atoms with E-state index >= 15 is 0 Å². The zero-order valence-electron chi connectivity index (χ0n) is 29.3. The third-order valence-corrected chi connectivity index (χ3v) is 10.7. The molecule has 1 aliphatic rings. The molecule has 0 N–H and O–H groups in total. The number of hydrogen-bond donors (Lipinski definition) is 0. The number of fused-ring (bicyclic) bond motifs is 8. The van der Waals surface area contributed by atoms with Crippen molar-refractivity contribution >= 4 is 49.8 Å². The van der Waals surface area contributed by atoms with Gasteiger partial charge in [-0.25, -0.2) is 4.98 Å². The Balaban J connectivity index is 1.10. The maximum absolute atomic E-state index is 6.25. The molecule has 254 valence electrons. The predicted octanol–water partition coefficient (Wildman–Crippen LogP) is 12.5. The minimum atomic E-state index is 0.596. The van der Waals surface area contributed by atoms with Crippen LogP contribution in [-0.4, -0.2) is 19.5 Å². The molecule has 3 aromatic heterocycles. The van der Waals surface area contributed by atoms with Gasteiger partial charge in [0.05, 0.1) is 11.0 Å². The van der Waals surface area contributed by atoms with Crippen LogP contribution in [-0.2, 0) is 6.42 Å². The van der Waals surface area contributed by atoms with E-state index in [-0.39, 0.29) is 0 Å². The van der Waals surface area contributed by atoms with Crippen molar-refractivity contribution < 1.29 is 4.42 Å². The van der Waals surface area contributed by atoms with Crippen molar-refractivity contribution in [2.75, 3.05) is 0 Å². The van der Waals surface area contributed by atoms with Gasteiger partial charge in [-0.15, -0.1) is 0 Å². The predicted molar refractivity (Wildman–Crippen MR) is 221 cm³/mol. The van der Waals surface area contributed by atoms with E-state index in [1.54, 1.807) is 0 Å². The van der Waals surface area contributed by atoms with Crippen molar-refractivity contribution in [1.82, 2.24) is 19.5 Å². The summed E-state index contributed by atoms with van der Waals surface area (Å²) in [4.78, 5) is 15.3. The first-order valence-corrected chi connectivity index (χ1v) is 18.4. The first-order chi connectivity index (χ1) is 26.7. The summed E-state index contributed by atoms with van der Waals surface area (Å²) in [6, 6.07) is 55.2. The summed E-state index contributed by atoms with van der Waals surface area (Å²) < 4.78 is 8.46. The average molecular weight is 693 g/mol. The van der Waals surface area contributed by atoms with E-state index in [1.165, 1.54) is 21.9 Å². The standard InChI is InChI=1S/C49H32N4O/c1-3-13-32(14-4-1)47-50-48(33-15-5-2-6-16-33)52-49(51-47)53-42-26-24-36(29-41(42)46-38-19-8-7-12-31(38)23-27-43(46)53)34-17-11-18-35(28-34)37-22-25-40-39-20-9-10-21-44(39)54-45(40)30-37/h1-6,8-11,13-30H,7,12H2. The summed E-state index contributed by atoms with van der Waals surface area (Å²) in [6.45, 7) is 0. The molecule has 0 radical (unpaired) electrons. The Hall–Kier alpha value is -7.11. The molecule has 0 atom stereocenters. The number of hydrogen-bond acceptors (Lipinski definition) is 4. The molecule has 0 bridgehead atoms. The first-order valence-electron chi connectivity index (χ1n) is 18.4. The normalized spacial score (nSPS) is 12.6. The summed E-state index contributed by atoms with van der Waals surface area (Å²) in [6.07, 6.45) is 6.66. The Labute approximate surface area is 311 Å². The Kier molecular flexibility index (Phi) is 6.92. The summed E-state index contributed by atoms with van der Waals surface area (Å²) in [5.41, 5.74) is 13.0. The fourth-order valence-electron chi connectivity index (χ4n) is 8.11. The average Bonchev–Trinajstić information content (AvgIpc) is 3.79. The number of benzene rings is 7. The van der Waals surface area contributed by atoms with E-state index in [1.807, 2.05) is 48.5 Å². The largest absolute Gasteiger partial charge is 0.456 e. The molecule has 54 heavy (non-hydrogen) atoms. The molecule has 0 saturated heterocycles. The number of aromatic nitrogens is 4. The lowest BCUT2D eigenvalue weighted by Crippen LogP contribution is -2.06. The van der Waals surface area contributed by atoms with Crippen LogP contribution in [0.3, 0.4) is 0 Å². The second kappa shape index (κ2) is 12.2. The topological polar surface area (TPSA) is 56.7 Å². The molecule has 10 aromatic rings. The molecule has 7 aromatic carbocycles. The van der Waals surface area contributed by atoms with Crippen LogP contribution >= 0.6 is 0 Å². The second-order valence-electron chi connectivity index (χ2n) is 13.9. The van der Waals surface area contributed by atoms with Crippen LogP contribution in [0.2, 0.25) is 0 Å². The van der Waals surface area contributed by atoms with E-state index in [9.17, 15) is 0 Å². The van der Waals surface area contributed by atoms with Gasteiger partial charge in [-0.2, -0.15) is 9.97 Å². The van der Waals surface area contributed by atoms with E-state index < -0.39 is 0 Å². The second-order valence-corrected chi connectivity index (χ2v) is 13.9. The fraction of sp³-hybridized carbons (Fsp3) is 0.0408. The van der Waals surface area contributed by atoms with E-state index in [4.69, 9.17) is 19.4 Å². The van der Waals surface area contributed by atoms with Crippen LogP contribution in [0.1, 0.15) is 17.5 Å². The quantitative estimate of drug-likeness (QED) is 0.180. The fourth-order valence-corrected chi connectivity index (χ4v) is 8.11. The Morgan fingerprint density at radius 3 is 1.87 bits per heavy atom. The van der Waals surface area contributed by atoms with Crippen LogP contribution in [0.5, 0.6) is 0 Å². The van der Waals surface area contributed by atoms with Gasteiger partial charge in [0, 0.05) is 32.7 Å². The van der Waals surface area contributed by atoms with Gasteiger partial charge in [0.15, 0.2) is 11.6 Å². The van der Waals surface area contributed by atoms with Crippen LogP contribution < -0.4 is 0 Å².